The van der Waals surface area contributed by atoms with Crippen LogP contribution in [0.4, 0.5) is 11.6 Å². The second-order valence-electron chi connectivity index (χ2n) is 10.7. The number of benzene rings is 1. The lowest BCUT2D eigenvalue weighted by Crippen LogP contribution is -2.35. The van der Waals surface area contributed by atoms with Gasteiger partial charge in [-0.15, -0.1) is 10.2 Å². The predicted octanol–water partition coefficient (Wildman–Crippen LogP) is 5.67. The molecule has 2 aliphatic rings. The molecule has 1 aromatic carbocycles. The second-order valence-corrected chi connectivity index (χ2v) is 11.6. The maximum Gasteiger partial charge on any atom is 0.234 e. The Kier molecular flexibility index (Phi) is 8.76. The Morgan fingerprint density at radius 3 is 2.40 bits per heavy atom. The Labute approximate surface area is 214 Å². The van der Waals surface area contributed by atoms with E-state index in [-0.39, 0.29) is 12.0 Å². The van der Waals surface area contributed by atoms with Crippen LogP contribution in [0, 0.1) is 5.92 Å². The number of nitrogens with zero attached hydrogens (tertiary/aromatic N) is 4. The lowest BCUT2D eigenvalue weighted by molar-refractivity contribution is -0.113. The van der Waals surface area contributed by atoms with Gasteiger partial charge in [-0.25, -0.2) is 0 Å². The van der Waals surface area contributed by atoms with Crippen LogP contribution in [0.15, 0.2) is 23.4 Å². The summed E-state index contributed by atoms with van der Waals surface area (Å²) < 4.78 is 8.12. The van der Waals surface area contributed by atoms with E-state index >= 15 is 0 Å². The summed E-state index contributed by atoms with van der Waals surface area (Å²) in [6.07, 6.45) is 4.69. The predicted molar refractivity (Wildman–Crippen MR) is 144 cm³/mol. The third-order valence-corrected chi connectivity index (χ3v) is 8.11. The zero-order valence-corrected chi connectivity index (χ0v) is 22.7. The first-order chi connectivity index (χ1) is 16.8. The number of nitrogens with one attached hydrogen (secondary N) is 1. The van der Waals surface area contributed by atoms with Crippen LogP contribution in [0.1, 0.15) is 83.3 Å². The van der Waals surface area contributed by atoms with E-state index in [9.17, 15) is 4.79 Å². The van der Waals surface area contributed by atoms with Gasteiger partial charge >= 0.3 is 0 Å². The molecule has 1 aromatic heterocycles. The van der Waals surface area contributed by atoms with Crippen molar-refractivity contribution in [2.45, 2.75) is 89.9 Å². The van der Waals surface area contributed by atoms with Crippen LogP contribution in [0.2, 0.25) is 0 Å². The Bertz CT molecular complexity index is 965. The summed E-state index contributed by atoms with van der Waals surface area (Å²) in [5.74, 6) is 2.63. The standard InChI is InChI=1S/C27H41N5O2S/c1-18(2)22-9-6-10-23(19(3)4)25(22)28-24(33)17-35-27-30-29-26(31-13-11-20(5)12-14-31)32(27)16-21-8-7-15-34-21/h6,9-10,18-21H,7-8,11-17H2,1-5H3,(H,28,33). The van der Waals surface area contributed by atoms with Crippen LogP contribution in [0.5, 0.6) is 0 Å². The zero-order valence-electron chi connectivity index (χ0n) is 21.9. The lowest BCUT2D eigenvalue weighted by Gasteiger charge is -2.31. The third-order valence-electron chi connectivity index (χ3n) is 7.14. The van der Waals surface area contributed by atoms with Crippen molar-refractivity contribution in [1.82, 2.24) is 14.8 Å². The van der Waals surface area contributed by atoms with Crippen LogP contribution in [0.3, 0.4) is 0 Å². The highest BCUT2D eigenvalue weighted by atomic mass is 32.2. The van der Waals surface area contributed by atoms with Gasteiger partial charge < -0.3 is 15.0 Å². The molecule has 192 valence electrons. The lowest BCUT2D eigenvalue weighted by atomic mass is 9.92. The van der Waals surface area contributed by atoms with Gasteiger partial charge in [0, 0.05) is 25.4 Å². The number of carbonyl (C=O) groups excluding carboxylic acids is 1. The van der Waals surface area contributed by atoms with Gasteiger partial charge in [0.1, 0.15) is 0 Å². The monoisotopic (exact) mass is 499 g/mol. The summed E-state index contributed by atoms with van der Waals surface area (Å²) in [7, 11) is 0. The van der Waals surface area contributed by atoms with Crippen LogP contribution in [-0.4, -0.2) is 52.2 Å². The minimum absolute atomic E-state index is 0.00925. The van der Waals surface area contributed by atoms with E-state index < -0.39 is 0 Å². The van der Waals surface area contributed by atoms with E-state index in [1.54, 1.807) is 0 Å². The van der Waals surface area contributed by atoms with Crippen LogP contribution in [-0.2, 0) is 16.1 Å². The zero-order chi connectivity index (χ0) is 24.9. The van der Waals surface area contributed by atoms with Gasteiger partial charge in [-0.1, -0.05) is 64.6 Å². The number of piperidine rings is 1. The number of aromatic nitrogens is 3. The van der Waals surface area contributed by atoms with Gasteiger partial charge in [0.25, 0.3) is 0 Å². The summed E-state index contributed by atoms with van der Waals surface area (Å²) >= 11 is 1.47. The fourth-order valence-corrected chi connectivity index (χ4v) is 5.73. The molecule has 2 aromatic rings. The first-order valence-corrected chi connectivity index (χ1v) is 14.2. The molecule has 0 bridgehead atoms. The van der Waals surface area contributed by atoms with Crippen molar-refractivity contribution in [2.24, 2.45) is 5.92 Å². The number of hydrogen-bond donors (Lipinski definition) is 1. The number of anilines is 2. The van der Waals surface area contributed by atoms with Gasteiger partial charge in [0.05, 0.1) is 18.4 Å². The Morgan fingerprint density at radius 1 is 1.11 bits per heavy atom. The number of thioether (sulfide) groups is 1. The van der Waals surface area contributed by atoms with E-state index in [1.807, 2.05) is 0 Å². The number of carbonyl (C=O) groups is 1. The maximum absolute atomic E-state index is 13.1. The van der Waals surface area contributed by atoms with Crippen molar-refractivity contribution in [3.05, 3.63) is 29.3 Å². The van der Waals surface area contributed by atoms with Crippen molar-refractivity contribution >= 4 is 29.3 Å². The molecule has 1 atom stereocenters. The molecule has 1 N–H and O–H groups in total. The number of ether oxygens (including phenoxy) is 1. The molecular formula is C27H41N5O2S. The minimum atomic E-state index is -0.00925. The van der Waals surface area contributed by atoms with Gasteiger partial charge in [0.2, 0.25) is 11.9 Å². The van der Waals surface area contributed by atoms with Crippen molar-refractivity contribution < 1.29 is 9.53 Å². The molecule has 0 aliphatic carbocycles. The molecule has 0 saturated carbocycles. The summed E-state index contributed by atoms with van der Waals surface area (Å²) in [4.78, 5) is 15.5. The topological polar surface area (TPSA) is 72.3 Å². The van der Waals surface area contributed by atoms with E-state index in [0.29, 0.717) is 17.6 Å². The Balaban J connectivity index is 1.49. The minimum Gasteiger partial charge on any atom is -0.376 e. The summed E-state index contributed by atoms with van der Waals surface area (Å²) in [6.45, 7) is 14.5. The molecule has 35 heavy (non-hydrogen) atoms. The summed E-state index contributed by atoms with van der Waals surface area (Å²) in [5.41, 5.74) is 3.32. The SMILES string of the molecule is CC1CCN(c2nnc(SCC(=O)Nc3c(C(C)C)cccc3C(C)C)n2CC2CCCO2)CC1. The van der Waals surface area contributed by atoms with Gasteiger partial charge in [-0.2, -0.15) is 0 Å². The molecule has 0 radical (unpaired) electrons. The number of hydrogen-bond acceptors (Lipinski definition) is 6. The average Bonchev–Trinajstić information content (AvgIpc) is 3.48. The van der Waals surface area contributed by atoms with Gasteiger partial charge in [0.15, 0.2) is 5.16 Å². The molecule has 0 spiro atoms. The molecular weight excluding hydrogens is 458 g/mol. The van der Waals surface area contributed by atoms with Gasteiger partial charge in [-0.05, 0) is 54.6 Å². The molecule has 8 heteroatoms. The maximum atomic E-state index is 13.1. The largest absolute Gasteiger partial charge is 0.376 e. The number of amides is 1. The smallest absolute Gasteiger partial charge is 0.234 e. The van der Waals surface area contributed by atoms with Crippen molar-refractivity contribution in [1.29, 1.82) is 0 Å². The molecule has 7 nitrogen and oxygen atoms in total. The quantitative estimate of drug-likeness (QED) is 0.448. The fourth-order valence-electron chi connectivity index (χ4n) is 4.98. The van der Waals surface area contributed by atoms with Crippen LogP contribution >= 0.6 is 11.8 Å². The molecule has 2 aliphatic heterocycles. The first kappa shape index (κ1) is 26.0. The summed E-state index contributed by atoms with van der Waals surface area (Å²) in [5, 5.41) is 13.1. The van der Waals surface area contributed by atoms with Crippen molar-refractivity contribution in [2.75, 3.05) is 35.7 Å². The molecule has 4 rings (SSSR count). The first-order valence-electron chi connectivity index (χ1n) is 13.2. The molecule has 1 unspecified atom stereocenters. The highest BCUT2D eigenvalue weighted by Crippen LogP contribution is 2.33. The van der Waals surface area contributed by atoms with Crippen molar-refractivity contribution in [3.8, 4) is 0 Å². The molecule has 1 amide bonds. The van der Waals surface area contributed by atoms with E-state index in [2.05, 4.69) is 77.8 Å². The van der Waals surface area contributed by atoms with Crippen molar-refractivity contribution in [3.63, 3.8) is 0 Å². The second kappa shape index (κ2) is 11.8. The number of rotatable bonds is 9. The van der Waals surface area contributed by atoms with E-state index in [0.717, 1.165) is 61.8 Å². The normalized spacial score (nSPS) is 19.2. The van der Waals surface area contributed by atoms with E-state index in [4.69, 9.17) is 4.74 Å². The Morgan fingerprint density at radius 2 is 1.80 bits per heavy atom. The molecule has 2 fully saturated rings. The number of para-hydroxylation sites is 1. The fraction of sp³-hybridized carbons (Fsp3) is 0.667. The van der Waals surface area contributed by atoms with Crippen LogP contribution < -0.4 is 10.2 Å². The Hall–Kier alpha value is -2.06. The van der Waals surface area contributed by atoms with E-state index in [1.165, 1.54) is 35.7 Å². The molecule has 3 heterocycles. The third kappa shape index (κ3) is 6.39. The highest BCUT2D eigenvalue weighted by Gasteiger charge is 2.26. The molecule has 2 saturated heterocycles. The highest BCUT2D eigenvalue weighted by molar-refractivity contribution is 7.99. The summed E-state index contributed by atoms with van der Waals surface area (Å²) in [6, 6.07) is 6.32. The average molecular weight is 500 g/mol. The van der Waals surface area contributed by atoms with Crippen LogP contribution in [0.25, 0.3) is 0 Å². The van der Waals surface area contributed by atoms with Gasteiger partial charge in [-0.3, -0.25) is 9.36 Å².